The van der Waals surface area contributed by atoms with Gasteiger partial charge >= 0.3 is 0 Å². The van der Waals surface area contributed by atoms with Crippen LogP contribution in [0.4, 0.5) is 5.69 Å². The van der Waals surface area contributed by atoms with E-state index in [1.165, 1.54) is 0 Å². The number of ether oxygens (including phenoxy) is 1. The predicted molar refractivity (Wildman–Crippen MR) is 76.9 cm³/mol. The Morgan fingerprint density at radius 3 is 2.68 bits per heavy atom. The summed E-state index contributed by atoms with van der Waals surface area (Å²) in [7, 11) is 0. The van der Waals surface area contributed by atoms with Crippen LogP contribution < -0.4 is 10.5 Å². The molecule has 94 valence electrons. The van der Waals surface area contributed by atoms with E-state index in [1.54, 1.807) is 6.20 Å². The van der Waals surface area contributed by atoms with Crippen molar-refractivity contribution < 1.29 is 4.74 Å². The molecule has 2 N–H and O–H groups in total. The van der Waals surface area contributed by atoms with Gasteiger partial charge in [0.2, 0.25) is 0 Å². The third kappa shape index (κ3) is 2.65. The summed E-state index contributed by atoms with van der Waals surface area (Å²) < 4.78 is 5.76. The van der Waals surface area contributed by atoms with Crippen LogP contribution in [-0.2, 0) is 6.61 Å². The van der Waals surface area contributed by atoms with Gasteiger partial charge in [-0.1, -0.05) is 30.3 Å². The fraction of sp³-hybridized carbons (Fsp3) is 0.0625. The number of anilines is 1. The van der Waals surface area contributed by atoms with E-state index in [0.717, 1.165) is 22.2 Å². The lowest BCUT2D eigenvalue weighted by Crippen LogP contribution is -1.95. The number of benzene rings is 2. The minimum Gasteiger partial charge on any atom is -0.489 e. The molecule has 0 saturated carbocycles. The van der Waals surface area contributed by atoms with Gasteiger partial charge in [0.25, 0.3) is 0 Å². The highest BCUT2D eigenvalue weighted by Crippen LogP contribution is 2.21. The van der Waals surface area contributed by atoms with Crippen LogP contribution in [0, 0.1) is 0 Å². The Morgan fingerprint density at radius 2 is 1.84 bits per heavy atom. The van der Waals surface area contributed by atoms with Gasteiger partial charge < -0.3 is 10.5 Å². The molecule has 0 aliphatic carbocycles. The van der Waals surface area contributed by atoms with Gasteiger partial charge in [0, 0.05) is 11.5 Å². The van der Waals surface area contributed by atoms with E-state index in [0.29, 0.717) is 12.3 Å². The summed E-state index contributed by atoms with van der Waals surface area (Å²) >= 11 is 0. The van der Waals surface area contributed by atoms with Crippen LogP contribution in [0.25, 0.3) is 10.9 Å². The molecule has 0 saturated heterocycles. The van der Waals surface area contributed by atoms with Crippen LogP contribution in [0.5, 0.6) is 5.75 Å². The van der Waals surface area contributed by atoms with E-state index in [1.807, 2.05) is 54.6 Å². The van der Waals surface area contributed by atoms with Crippen molar-refractivity contribution in [2.45, 2.75) is 6.61 Å². The zero-order valence-corrected chi connectivity index (χ0v) is 10.4. The summed E-state index contributed by atoms with van der Waals surface area (Å²) in [5.41, 5.74) is 8.41. The number of hydrogen-bond donors (Lipinski definition) is 1. The van der Waals surface area contributed by atoms with Gasteiger partial charge in [-0.25, -0.2) is 0 Å². The summed E-state index contributed by atoms with van der Waals surface area (Å²) in [5.74, 6) is 0.814. The molecule has 0 radical (unpaired) electrons. The quantitative estimate of drug-likeness (QED) is 0.775. The smallest absolute Gasteiger partial charge is 0.122 e. The number of nitrogen functional groups attached to an aromatic ring is 1. The number of rotatable bonds is 3. The molecular formula is C16H14N2O. The predicted octanol–water partition coefficient (Wildman–Crippen LogP) is 3.40. The zero-order chi connectivity index (χ0) is 13.1. The van der Waals surface area contributed by atoms with Crippen LogP contribution in [-0.4, -0.2) is 4.98 Å². The molecule has 0 spiro atoms. The highest BCUT2D eigenvalue weighted by atomic mass is 16.5. The van der Waals surface area contributed by atoms with Crippen molar-refractivity contribution in [2.75, 3.05) is 5.73 Å². The van der Waals surface area contributed by atoms with Gasteiger partial charge in [0.1, 0.15) is 12.4 Å². The second-order valence-corrected chi connectivity index (χ2v) is 4.40. The van der Waals surface area contributed by atoms with Crippen molar-refractivity contribution >= 4 is 16.6 Å². The minimum atomic E-state index is 0.557. The molecule has 3 nitrogen and oxygen atoms in total. The Kier molecular flexibility index (Phi) is 3.02. The first-order valence-electron chi connectivity index (χ1n) is 6.13. The van der Waals surface area contributed by atoms with Crippen molar-refractivity contribution in [1.29, 1.82) is 0 Å². The van der Waals surface area contributed by atoms with E-state index < -0.39 is 0 Å². The molecule has 2 aromatic carbocycles. The van der Waals surface area contributed by atoms with Crippen LogP contribution in [0.1, 0.15) is 5.56 Å². The summed E-state index contributed by atoms with van der Waals surface area (Å²) in [6.07, 6.45) is 1.66. The topological polar surface area (TPSA) is 48.1 Å². The van der Waals surface area contributed by atoms with E-state index >= 15 is 0 Å². The van der Waals surface area contributed by atoms with Gasteiger partial charge in [-0.05, 0) is 23.8 Å². The van der Waals surface area contributed by atoms with Crippen LogP contribution >= 0.6 is 0 Å². The van der Waals surface area contributed by atoms with E-state index in [-0.39, 0.29) is 0 Å². The first-order chi connectivity index (χ1) is 9.31. The van der Waals surface area contributed by atoms with E-state index in [2.05, 4.69) is 4.98 Å². The normalized spacial score (nSPS) is 10.5. The molecule has 0 aliphatic heterocycles. The molecule has 0 unspecified atom stereocenters. The third-order valence-corrected chi connectivity index (χ3v) is 2.93. The van der Waals surface area contributed by atoms with Gasteiger partial charge in [-0.3, -0.25) is 4.98 Å². The highest BCUT2D eigenvalue weighted by Gasteiger charge is 2.00. The molecule has 0 fully saturated rings. The monoisotopic (exact) mass is 250 g/mol. The third-order valence-electron chi connectivity index (χ3n) is 2.93. The van der Waals surface area contributed by atoms with Crippen molar-refractivity contribution in [3.8, 4) is 5.75 Å². The summed E-state index contributed by atoms with van der Waals surface area (Å²) in [5, 5.41) is 1.02. The number of aromatic nitrogens is 1. The number of hydrogen-bond acceptors (Lipinski definition) is 3. The molecule has 3 rings (SSSR count). The molecule has 19 heavy (non-hydrogen) atoms. The second kappa shape index (κ2) is 4.98. The van der Waals surface area contributed by atoms with Gasteiger partial charge in [-0.15, -0.1) is 0 Å². The Morgan fingerprint density at radius 1 is 1.00 bits per heavy atom. The molecule has 0 aliphatic rings. The maximum atomic E-state index is 5.76. The SMILES string of the molecule is Nc1cnc2cc(OCc3ccccc3)ccc2c1. The Bertz CT molecular complexity index is 695. The van der Waals surface area contributed by atoms with Crippen molar-refractivity contribution in [3.05, 3.63) is 66.4 Å². The van der Waals surface area contributed by atoms with Gasteiger partial charge in [0.05, 0.1) is 17.4 Å². The number of nitrogens with zero attached hydrogens (tertiary/aromatic N) is 1. The first-order valence-corrected chi connectivity index (χ1v) is 6.13. The summed E-state index contributed by atoms with van der Waals surface area (Å²) in [6.45, 7) is 0.557. The summed E-state index contributed by atoms with van der Waals surface area (Å²) in [6, 6.07) is 17.8. The van der Waals surface area contributed by atoms with E-state index in [9.17, 15) is 0 Å². The average molecular weight is 250 g/mol. The molecule has 3 aromatic rings. The van der Waals surface area contributed by atoms with Gasteiger partial charge in [0.15, 0.2) is 0 Å². The molecule has 1 heterocycles. The van der Waals surface area contributed by atoms with E-state index in [4.69, 9.17) is 10.5 Å². The molecule has 1 aromatic heterocycles. The maximum absolute atomic E-state index is 5.76. The van der Waals surface area contributed by atoms with Crippen molar-refractivity contribution in [2.24, 2.45) is 0 Å². The second-order valence-electron chi connectivity index (χ2n) is 4.40. The number of fused-ring (bicyclic) bond motifs is 1. The average Bonchev–Trinajstić information content (AvgIpc) is 2.46. The Labute approximate surface area is 111 Å². The lowest BCUT2D eigenvalue weighted by Gasteiger charge is -2.07. The Hall–Kier alpha value is -2.55. The molecular weight excluding hydrogens is 236 g/mol. The van der Waals surface area contributed by atoms with Crippen LogP contribution in [0.15, 0.2) is 60.8 Å². The van der Waals surface area contributed by atoms with Gasteiger partial charge in [-0.2, -0.15) is 0 Å². The molecule has 0 bridgehead atoms. The fourth-order valence-electron chi connectivity index (χ4n) is 1.95. The Balaban J connectivity index is 1.80. The molecule has 0 amide bonds. The number of pyridine rings is 1. The standard InChI is InChI=1S/C16H14N2O/c17-14-8-13-6-7-15(9-16(13)18-10-14)19-11-12-4-2-1-3-5-12/h1-10H,11,17H2. The van der Waals surface area contributed by atoms with Crippen molar-refractivity contribution in [1.82, 2.24) is 4.98 Å². The number of nitrogens with two attached hydrogens (primary N) is 1. The largest absolute Gasteiger partial charge is 0.489 e. The minimum absolute atomic E-state index is 0.557. The van der Waals surface area contributed by atoms with Crippen LogP contribution in [0.3, 0.4) is 0 Å². The maximum Gasteiger partial charge on any atom is 0.122 e. The molecule has 3 heteroatoms. The van der Waals surface area contributed by atoms with Crippen LogP contribution in [0.2, 0.25) is 0 Å². The highest BCUT2D eigenvalue weighted by molar-refractivity contribution is 5.82. The fourth-order valence-corrected chi connectivity index (χ4v) is 1.95. The lowest BCUT2D eigenvalue weighted by molar-refractivity contribution is 0.306. The zero-order valence-electron chi connectivity index (χ0n) is 10.4. The first kappa shape index (κ1) is 11.5. The van der Waals surface area contributed by atoms with Crippen molar-refractivity contribution in [3.63, 3.8) is 0 Å². The lowest BCUT2D eigenvalue weighted by atomic mass is 10.2. The molecule has 0 atom stereocenters. The summed E-state index contributed by atoms with van der Waals surface area (Å²) in [4.78, 5) is 4.29.